The molecule has 0 aromatic heterocycles. The zero-order valence-corrected chi connectivity index (χ0v) is 12.6. The summed E-state index contributed by atoms with van der Waals surface area (Å²) in [5.41, 5.74) is 1.19. The summed E-state index contributed by atoms with van der Waals surface area (Å²) in [6.07, 6.45) is 0.564. The van der Waals surface area contributed by atoms with Crippen LogP contribution in [-0.4, -0.2) is 47.8 Å². The number of amides is 4. The summed E-state index contributed by atoms with van der Waals surface area (Å²) >= 11 is 0. The fourth-order valence-electron chi connectivity index (χ4n) is 2.27. The van der Waals surface area contributed by atoms with Gasteiger partial charge in [-0.25, -0.2) is 9.18 Å². The molecule has 1 saturated heterocycles. The highest BCUT2D eigenvalue weighted by molar-refractivity contribution is 6.01. The summed E-state index contributed by atoms with van der Waals surface area (Å²) in [6.45, 7) is 2.01. The molecule has 2 rings (SSSR count). The SMILES string of the molecule is Cc1cc(F)ccc1NC(=O)CCCN1C(=O)CN(C)C1=O. The van der Waals surface area contributed by atoms with E-state index in [0.29, 0.717) is 17.7 Å². The Morgan fingerprint density at radius 2 is 2.09 bits per heavy atom. The Morgan fingerprint density at radius 1 is 1.36 bits per heavy atom. The van der Waals surface area contributed by atoms with Crippen molar-refractivity contribution in [3.8, 4) is 0 Å². The second-order valence-electron chi connectivity index (χ2n) is 5.29. The molecule has 22 heavy (non-hydrogen) atoms. The van der Waals surface area contributed by atoms with Crippen LogP contribution >= 0.6 is 0 Å². The minimum atomic E-state index is -0.356. The zero-order valence-electron chi connectivity index (χ0n) is 12.6. The highest BCUT2D eigenvalue weighted by Gasteiger charge is 2.32. The van der Waals surface area contributed by atoms with Gasteiger partial charge in [-0.1, -0.05) is 0 Å². The van der Waals surface area contributed by atoms with Gasteiger partial charge in [0.2, 0.25) is 11.8 Å². The van der Waals surface area contributed by atoms with Crippen molar-refractivity contribution in [2.75, 3.05) is 25.5 Å². The summed E-state index contributed by atoms with van der Waals surface area (Å²) in [7, 11) is 1.56. The number of rotatable bonds is 5. The Morgan fingerprint density at radius 3 is 2.68 bits per heavy atom. The van der Waals surface area contributed by atoms with Gasteiger partial charge in [0, 0.05) is 25.7 Å². The molecule has 0 aliphatic carbocycles. The van der Waals surface area contributed by atoms with Gasteiger partial charge >= 0.3 is 6.03 Å². The van der Waals surface area contributed by atoms with Crippen molar-refractivity contribution in [3.63, 3.8) is 0 Å². The van der Waals surface area contributed by atoms with Crippen LogP contribution in [0.25, 0.3) is 0 Å². The van der Waals surface area contributed by atoms with E-state index in [4.69, 9.17) is 0 Å². The molecule has 1 fully saturated rings. The van der Waals surface area contributed by atoms with Crippen LogP contribution in [0.3, 0.4) is 0 Å². The van der Waals surface area contributed by atoms with Crippen molar-refractivity contribution in [1.82, 2.24) is 9.80 Å². The summed E-state index contributed by atoms with van der Waals surface area (Å²) in [5.74, 6) is -0.838. The van der Waals surface area contributed by atoms with E-state index in [1.54, 1.807) is 14.0 Å². The molecule has 6 nitrogen and oxygen atoms in total. The number of carbonyl (C=O) groups excluding carboxylic acids is 3. The summed E-state index contributed by atoms with van der Waals surface area (Å²) in [4.78, 5) is 37.6. The van der Waals surface area contributed by atoms with Gasteiger partial charge in [0.25, 0.3) is 0 Å². The van der Waals surface area contributed by atoms with Crippen molar-refractivity contribution in [2.24, 2.45) is 0 Å². The van der Waals surface area contributed by atoms with Crippen LogP contribution in [0.15, 0.2) is 18.2 Å². The van der Waals surface area contributed by atoms with Gasteiger partial charge in [-0.2, -0.15) is 0 Å². The van der Waals surface area contributed by atoms with E-state index in [1.165, 1.54) is 23.1 Å². The maximum Gasteiger partial charge on any atom is 0.326 e. The molecule has 1 aliphatic rings. The van der Waals surface area contributed by atoms with Crippen LogP contribution in [0.1, 0.15) is 18.4 Å². The van der Waals surface area contributed by atoms with E-state index in [0.717, 1.165) is 4.90 Å². The molecular weight excluding hydrogens is 289 g/mol. The average Bonchev–Trinajstić information content (AvgIpc) is 2.68. The molecule has 0 saturated carbocycles. The van der Waals surface area contributed by atoms with Crippen LogP contribution in [0.4, 0.5) is 14.9 Å². The topological polar surface area (TPSA) is 69.7 Å². The zero-order chi connectivity index (χ0) is 16.3. The monoisotopic (exact) mass is 307 g/mol. The van der Waals surface area contributed by atoms with E-state index in [-0.39, 0.29) is 43.2 Å². The molecule has 0 radical (unpaired) electrons. The third-order valence-electron chi connectivity index (χ3n) is 3.48. The van der Waals surface area contributed by atoms with Crippen molar-refractivity contribution in [2.45, 2.75) is 19.8 Å². The van der Waals surface area contributed by atoms with Gasteiger partial charge in [0.15, 0.2) is 0 Å². The summed E-state index contributed by atoms with van der Waals surface area (Å²) in [6, 6.07) is 3.79. The van der Waals surface area contributed by atoms with E-state index in [9.17, 15) is 18.8 Å². The maximum atomic E-state index is 13.0. The number of hydrogen-bond donors (Lipinski definition) is 1. The Kier molecular flexibility index (Phi) is 4.75. The summed E-state index contributed by atoms with van der Waals surface area (Å²) in [5, 5.41) is 2.69. The van der Waals surface area contributed by atoms with E-state index >= 15 is 0 Å². The molecule has 0 unspecified atom stereocenters. The Hall–Kier alpha value is -2.44. The third kappa shape index (κ3) is 3.60. The Balaban J connectivity index is 1.81. The van der Waals surface area contributed by atoms with Gasteiger partial charge in [-0.05, 0) is 37.1 Å². The fourth-order valence-corrected chi connectivity index (χ4v) is 2.27. The normalized spacial score (nSPS) is 14.7. The molecule has 1 aromatic rings. The second-order valence-corrected chi connectivity index (χ2v) is 5.29. The number of nitrogens with zero attached hydrogens (tertiary/aromatic N) is 2. The number of benzene rings is 1. The fraction of sp³-hybridized carbons (Fsp3) is 0.400. The first-order valence-electron chi connectivity index (χ1n) is 7.00. The molecule has 0 bridgehead atoms. The number of carbonyl (C=O) groups is 3. The lowest BCUT2D eigenvalue weighted by Gasteiger charge is -2.14. The van der Waals surface area contributed by atoms with Gasteiger partial charge in [0.05, 0.1) is 0 Å². The van der Waals surface area contributed by atoms with Gasteiger partial charge < -0.3 is 10.2 Å². The van der Waals surface area contributed by atoms with Crippen LogP contribution in [0.5, 0.6) is 0 Å². The Bertz CT molecular complexity index is 618. The number of aryl methyl sites for hydroxylation is 1. The molecule has 4 amide bonds. The number of nitrogens with one attached hydrogen (secondary N) is 1. The van der Waals surface area contributed by atoms with E-state index < -0.39 is 0 Å². The predicted molar refractivity (Wildman–Crippen MR) is 78.7 cm³/mol. The number of halogens is 1. The minimum absolute atomic E-state index is 0.0831. The van der Waals surface area contributed by atoms with Crippen molar-refractivity contribution < 1.29 is 18.8 Å². The molecule has 1 heterocycles. The molecule has 118 valence electrons. The van der Waals surface area contributed by atoms with E-state index in [2.05, 4.69) is 5.32 Å². The van der Waals surface area contributed by atoms with Gasteiger partial charge in [-0.15, -0.1) is 0 Å². The molecule has 0 spiro atoms. The molecule has 1 aliphatic heterocycles. The number of likely N-dealkylation sites (N-methyl/N-ethyl adjacent to an activating group) is 1. The van der Waals surface area contributed by atoms with Crippen LogP contribution in [0, 0.1) is 12.7 Å². The summed E-state index contributed by atoms with van der Waals surface area (Å²) < 4.78 is 13.0. The number of urea groups is 1. The first kappa shape index (κ1) is 15.9. The van der Waals surface area contributed by atoms with Crippen molar-refractivity contribution in [3.05, 3.63) is 29.6 Å². The highest BCUT2D eigenvalue weighted by Crippen LogP contribution is 2.16. The largest absolute Gasteiger partial charge is 0.326 e. The Labute approximate surface area is 127 Å². The minimum Gasteiger partial charge on any atom is -0.326 e. The standard InChI is InChI=1S/C15H18FN3O3/c1-10-8-11(16)5-6-12(10)17-13(20)4-3-7-19-14(21)9-18(2)15(19)22/h5-6,8H,3-4,7,9H2,1-2H3,(H,17,20). The van der Waals surface area contributed by atoms with Crippen LogP contribution in [0.2, 0.25) is 0 Å². The first-order chi connectivity index (χ1) is 10.4. The van der Waals surface area contributed by atoms with Gasteiger partial charge in [0.1, 0.15) is 12.4 Å². The maximum absolute atomic E-state index is 13.0. The number of imide groups is 1. The number of anilines is 1. The quantitative estimate of drug-likeness (QED) is 0.843. The lowest BCUT2D eigenvalue weighted by molar-refractivity contribution is -0.125. The van der Waals surface area contributed by atoms with E-state index in [1.807, 2.05) is 0 Å². The molecule has 1 aromatic carbocycles. The first-order valence-corrected chi connectivity index (χ1v) is 7.00. The van der Waals surface area contributed by atoms with Crippen molar-refractivity contribution in [1.29, 1.82) is 0 Å². The van der Waals surface area contributed by atoms with Crippen molar-refractivity contribution >= 4 is 23.5 Å². The average molecular weight is 307 g/mol. The molecular formula is C15H18FN3O3. The molecule has 0 atom stereocenters. The highest BCUT2D eigenvalue weighted by atomic mass is 19.1. The lowest BCUT2D eigenvalue weighted by atomic mass is 10.2. The third-order valence-corrected chi connectivity index (χ3v) is 3.48. The molecule has 1 N–H and O–H groups in total. The smallest absolute Gasteiger partial charge is 0.326 e. The molecule has 7 heteroatoms. The lowest BCUT2D eigenvalue weighted by Crippen LogP contribution is -2.32. The predicted octanol–water partition coefficient (Wildman–Crippen LogP) is 1.75. The number of hydrogen-bond acceptors (Lipinski definition) is 3. The second kappa shape index (κ2) is 6.55. The van der Waals surface area contributed by atoms with Crippen LogP contribution < -0.4 is 5.32 Å². The van der Waals surface area contributed by atoms with Crippen LogP contribution in [-0.2, 0) is 9.59 Å². The van der Waals surface area contributed by atoms with Gasteiger partial charge in [-0.3, -0.25) is 14.5 Å².